The highest BCUT2D eigenvalue weighted by atomic mass is 32.3. The molecular formula is C4H11O9PS. The van der Waals surface area contributed by atoms with Gasteiger partial charge in [0.1, 0.15) is 0 Å². The van der Waals surface area contributed by atoms with E-state index in [1.54, 1.807) is 0 Å². The molecule has 0 aliphatic rings. The molecule has 0 saturated heterocycles. The van der Waals surface area contributed by atoms with Gasteiger partial charge < -0.3 is 14.5 Å². The molecular weight excluding hydrogens is 255 g/mol. The molecule has 0 radical (unpaired) electrons. The van der Waals surface area contributed by atoms with Crippen LogP contribution >= 0.6 is 7.82 Å². The van der Waals surface area contributed by atoms with Crippen LogP contribution in [0.3, 0.4) is 0 Å². The Morgan fingerprint density at radius 2 is 1.93 bits per heavy atom. The van der Waals surface area contributed by atoms with Crippen molar-refractivity contribution in [2.24, 2.45) is 0 Å². The first kappa shape index (κ1) is 14.9. The number of phosphoric acid groups is 1. The van der Waals surface area contributed by atoms with E-state index in [9.17, 15) is 13.0 Å². The molecule has 0 aromatic rings. The number of rotatable bonds is 7. The fourth-order valence-electron chi connectivity index (χ4n) is 0.459. The van der Waals surface area contributed by atoms with Crippen LogP contribution in [0.5, 0.6) is 0 Å². The van der Waals surface area contributed by atoms with Crippen LogP contribution in [-0.2, 0) is 32.6 Å². The number of phosphoric ester groups is 1. The van der Waals surface area contributed by atoms with Crippen molar-refractivity contribution < 1.29 is 40.4 Å². The molecule has 0 amide bonds. The smallest absolute Gasteiger partial charge is 0.329 e. The maximum absolute atomic E-state index is 10.7. The minimum absolute atomic E-state index is 0.0795. The van der Waals surface area contributed by atoms with E-state index in [-0.39, 0.29) is 6.61 Å². The molecule has 0 rings (SSSR count). The van der Waals surface area contributed by atoms with Crippen molar-refractivity contribution in [2.75, 3.05) is 13.7 Å². The second-order valence-corrected chi connectivity index (χ2v) is 4.55. The quantitative estimate of drug-likeness (QED) is 0.454. The Morgan fingerprint density at radius 3 is 2.27 bits per heavy atom. The minimum atomic E-state index is -4.92. The predicted molar refractivity (Wildman–Crippen MR) is 45.6 cm³/mol. The molecule has 0 aromatic carbocycles. The molecule has 0 bridgehead atoms. The summed E-state index contributed by atoms with van der Waals surface area (Å²) in [5.41, 5.74) is 0. The lowest BCUT2D eigenvalue weighted by Crippen LogP contribution is -2.24. The summed E-state index contributed by atoms with van der Waals surface area (Å²) in [4.78, 5) is 16.8. The second-order valence-electron chi connectivity index (χ2n) is 2.01. The zero-order chi connectivity index (χ0) is 12.1. The summed E-state index contributed by atoms with van der Waals surface area (Å²) in [5.74, 6) is 0. The van der Waals surface area contributed by atoms with E-state index < -0.39 is 24.7 Å². The van der Waals surface area contributed by atoms with Gasteiger partial charge in [-0.1, -0.05) is 0 Å². The lowest BCUT2D eigenvalue weighted by Gasteiger charge is -2.16. The monoisotopic (exact) mass is 266 g/mol. The fraction of sp³-hybridized carbons (Fsp3) is 1.00. The molecule has 15 heavy (non-hydrogen) atoms. The van der Waals surface area contributed by atoms with Crippen LogP contribution < -0.4 is 0 Å². The van der Waals surface area contributed by atoms with Gasteiger partial charge in [0.25, 0.3) is 6.48 Å². The van der Waals surface area contributed by atoms with Crippen molar-refractivity contribution in [3.8, 4) is 0 Å². The SMILES string of the molecule is CCOC(OP(=O)(O)O)OS(=O)(=O)OC. The molecule has 92 valence electrons. The van der Waals surface area contributed by atoms with Crippen molar-refractivity contribution in [1.29, 1.82) is 0 Å². The van der Waals surface area contributed by atoms with Gasteiger partial charge in [-0.15, -0.1) is 0 Å². The van der Waals surface area contributed by atoms with Gasteiger partial charge in [-0.25, -0.2) is 9.09 Å². The van der Waals surface area contributed by atoms with E-state index in [2.05, 4.69) is 17.6 Å². The Bertz CT molecular complexity index is 317. The zero-order valence-corrected chi connectivity index (χ0v) is 9.60. The summed E-state index contributed by atoms with van der Waals surface area (Å²) < 4.78 is 48.0. The van der Waals surface area contributed by atoms with E-state index in [0.29, 0.717) is 0 Å². The van der Waals surface area contributed by atoms with Crippen molar-refractivity contribution in [3.05, 3.63) is 0 Å². The average Bonchev–Trinajstić information content (AvgIpc) is 2.01. The van der Waals surface area contributed by atoms with Crippen LogP contribution in [-0.4, -0.2) is 38.4 Å². The van der Waals surface area contributed by atoms with Crippen LogP contribution in [0.1, 0.15) is 6.92 Å². The van der Waals surface area contributed by atoms with Gasteiger partial charge in [0.05, 0.1) is 7.11 Å². The molecule has 0 aliphatic heterocycles. The van der Waals surface area contributed by atoms with Crippen LogP contribution in [0.15, 0.2) is 0 Å². The van der Waals surface area contributed by atoms with E-state index in [1.807, 2.05) is 0 Å². The zero-order valence-electron chi connectivity index (χ0n) is 7.89. The Labute approximate surface area is 86.5 Å². The van der Waals surface area contributed by atoms with Gasteiger partial charge in [-0.2, -0.15) is 12.6 Å². The van der Waals surface area contributed by atoms with Gasteiger partial charge >= 0.3 is 18.2 Å². The molecule has 1 unspecified atom stereocenters. The van der Waals surface area contributed by atoms with Crippen molar-refractivity contribution in [2.45, 2.75) is 13.4 Å². The molecule has 11 heteroatoms. The molecule has 0 heterocycles. The van der Waals surface area contributed by atoms with E-state index in [0.717, 1.165) is 7.11 Å². The third-order valence-electron chi connectivity index (χ3n) is 0.927. The average molecular weight is 266 g/mol. The maximum Gasteiger partial charge on any atom is 0.473 e. The topological polar surface area (TPSA) is 129 Å². The van der Waals surface area contributed by atoms with Crippen LogP contribution in [0.2, 0.25) is 0 Å². The maximum atomic E-state index is 10.7. The fourth-order valence-corrected chi connectivity index (χ4v) is 1.21. The summed E-state index contributed by atoms with van der Waals surface area (Å²) >= 11 is 0. The normalized spacial score (nSPS) is 15.2. The summed E-state index contributed by atoms with van der Waals surface area (Å²) in [5, 5.41) is 0. The third kappa shape index (κ3) is 7.82. The van der Waals surface area contributed by atoms with E-state index in [1.165, 1.54) is 6.92 Å². The number of ether oxygens (including phenoxy) is 1. The lowest BCUT2D eigenvalue weighted by atomic mass is 10.9. The molecule has 2 N–H and O–H groups in total. The van der Waals surface area contributed by atoms with Crippen LogP contribution in [0.4, 0.5) is 0 Å². The van der Waals surface area contributed by atoms with Crippen molar-refractivity contribution in [1.82, 2.24) is 0 Å². The van der Waals surface area contributed by atoms with E-state index in [4.69, 9.17) is 9.79 Å². The predicted octanol–water partition coefficient (Wildman–Crippen LogP) is -0.676. The molecule has 9 nitrogen and oxygen atoms in total. The second kappa shape index (κ2) is 5.87. The first-order valence-electron chi connectivity index (χ1n) is 3.54. The molecule has 0 fully saturated rings. The molecule has 0 aromatic heterocycles. The standard InChI is InChI=1S/C4H11O9PS/c1-3-11-4(12-14(5,6)7)13-15(8,9)10-2/h4H,3H2,1-2H3,(H2,5,6,7). The Hall–Kier alpha value is -0.0600. The third-order valence-corrected chi connectivity index (χ3v) is 2.17. The van der Waals surface area contributed by atoms with E-state index >= 15 is 0 Å². The first-order chi connectivity index (χ1) is 6.70. The van der Waals surface area contributed by atoms with Gasteiger partial charge in [0, 0.05) is 6.61 Å². The first-order valence-corrected chi connectivity index (χ1v) is 6.41. The Morgan fingerprint density at radius 1 is 1.40 bits per heavy atom. The highest BCUT2D eigenvalue weighted by molar-refractivity contribution is 7.81. The molecule has 1 atom stereocenters. The van der Waals surface area contributed by atoms with Crippen molar-refractivity contribution >= 4 is 18.2 Å². The van der Waals surface area contributed by atoms with Crippen LogP contribution in [0, 0.1) is 0 Å². The molecule has 0 saturated carbocycles. The Kier molecular flexibility index (Phi) is 5.85. The van der Waals surface area contributed by atoms with Gasteiger partial charge in [0.15, 0.2) is 0 Å². The molecule has 0 aliphatic carbocycles. The minimum Gasteiger partial charge on any atom is -0.329 e. The summed E-state index contributed by atoms with van der Waals surface area (Å²) in [6.45, 7) is -0.691. The van der Waals surface area contributed by atoms with Gasteiger partial charge in [-0.05, 0) is 6.92 Å². The number of hydrogen-bond acceptors (Lipinski definition) is 7. The highest BCUT2D eigenvalue weighted by Crippen LogP contribution is 2.38. The summed E-state index contributed by atoms with van der Waals surface area (Å²) in [6.07, 6.45) is 0. The molecule has 0 spiro atoms. The Balaban J connectivity index is 4.48. The lowest BCUT2D eigenvalue weighted by molar-refractivity contribution is -0.204. The van der Waals surface area contributed by atoms with Gasteiger partial charge in [-0.3, -0.25) is 4.18 Å². The van der Waals surface area contributed by atoms with Crippen molar-refractivity contribution in [3.63, 3.8) is 0 Å². The number of hydrogen-bond donors (Lipinski definition) is 2. The summed E-state index contributed by atoms with van der Waals surface area (Å²) in [6, 6.07) is 0. The largest absolute Gasteiger partial charge is 0.473 e. The van der Waals surface area contributed by atoms with Crippen LogP contribution in [0.25, 0.3) is 0 Å². The van der Waals surface area contributed by atoms with Gasteiger partial charge in [0.2, 0.25) is 0 Å². The summed E-state index contributed by atoms with van der Waals surface area (Å²) in [7, 11) is -8.52. The highest BCUT2D eigenvalue weighted by Gasteiger charge is 2.28.